The molecule has 0 aromatic heterocycles. The average molecular weight is 284 g/mol. The van der Waals surface area contributed by atoms with Crippen molar-refractivity contribution in [2.45, 2.75) is 5.92 Å². The van der Waals surface area contributed by atoms with Gasteiger partial charge in [-0.05, 0) is 17.7 Å². The number of rotatable bonds is 6. The summed E-state index contributed by atoms with van der Waals surface area (Å²) in [6.07, 6.45) is 0.744. The molecule has 0 radical (unpaired) electrons. The Labute approximate surface area is 115 Å². The van der Waals surface area contributed by atoms with E-state index < -0.39 is 18.0 Å². The minimum atomic E-state index is -1.04. The van der Waals surface area contributed by atoms with E-state index in [1.54, 1.807) is 24.3 Å². The van der Waals surface area contributed by atoms with Gasteiger partial charge in [0.2, 0.25) is 0 Å². The number of hydrogen-bond acceptors (Lipinski definition) is 3. The highest BCUT2D eigenvalue weighted by molar-refractivity contribution is 6.30. The maximum Gasteiger partial charge on any atom is 0.407 e. The van der Waals surface area contributed by atoms with Gasteiger partial charge in [-0.1, -0.05) is 36.4 Å². The van der Waals surface area contributed by atoms with Crippen molar-refractivity contribution in [3.05, 3.63) is 47.5 Å². The highest BCUT2D eigenvalue weighted by atomic mass is 35.5. The van der Waals surface area contributed by atoms with Crippen molar-refractivity contribution >= 4 is 23.7 Å². The second kappa shape index (κ2) is 7.43. The molecule has 6 heteroatoms. The van der Waals surface area contributed by atoms with E-state index in [0.717, 1.165) is 0 Å². The number of carboxylic acids is 1. The van der Waals surface area contributed by atoms with E-state index >= 15 is 0 Å². The van der Waals surface area contributed by atoms with Gasteiger partial charge in [-0.3, -0.25) is 4.79 Å². The molecule has 1 unspecified atom stereocenters. The molecular weight excluding hydrogens is 270 g/mol. The fourth-order valence-corrected chi connectivity index (χ4v) is 1.54. The monoisotopic (exact) mass is 283 g/mol. The van der Waals surface area contributed by atoms with E-state index in [4.69, 9.17) is 21.4 Å². The van der Waals surface area contributed by atoms with E-state index in [9.17, 15) is 9.59 Å². The van der Waals surface area contributed by atoms with Crippen LogP contribution < -0.4 is 5.32 Å². The van der Waals surface area contributed by atoms with Crippen LogP contribution in [-0.2, 0) is 9.53 Å². The number of amides is 1. The van der Waals surface area contributed by atoms with E-state index in [-0.39, 0.29) is 13.2 Å². The summed E-state index contributed by atoms with van der Waals surface area (Å²) in [5, 5.41) is 12.1. The fraction of sp³-hybridized carbons (Fsp3) is 0.231. The maximum atomic E-state index is 11.2. The minimum Gasteiger partial charge on any atom is -0.481 e. The summed E-state index contributed by atoms with van der Waals surface area (Å²) in [4.78, 5) is 22.4. The number of carboxylic acid groups (broad SMARTS) is 1. The summed E-state index contributed by atoms with van der Waals surface area (Å²) in [5.41, 5.74) is 0.556. The summed E-state index contributed by atoms with van der Waals surface area (Å²) >= 11 is 5.73. The van der Waals surface area contributed by atoms with E-state index in [0.29, 0.717) is 10.6 Å². The van der Waals surface area contributed by atoms with Crippen LogP contribution in [0.5, 0.6) is 0 Å². The van der Waals surface area contributed by atoms with Crippen molar-refractivity contribution in [3.8, 4) is 0 Å². The van der Waals surface area contributed by atoms with E-state index in [1.165, 1.54) is 6.08 Å². The van der Waals surface area contributed by atoms with Crippen molar-refractivity contribution in [3.63, 3.8) is 0 Å². The molecule has 1 aromatic rings. The van der Waals surface area contributed by atoms with Gasteiger partial charge in [-0.25, -0.2) is 4.79 Å². The number of halogens is 1. The Bertz CT molecular complexity index is 458. The van der Waals surface area contributed by atoms with Gasteiger partial charge in [0.25, 0.3) is 0 Å². The number of hydrogen-bond donors (Lipinski definition) is 2. The van der Waals surface area contributed by atoms with E-state index in [2.05, 4.69) is 11.9 Å². The first-order chi connectivity index (χ1) is 9.04. The van der Waals surface area contributed by atoms with Crippen molar-refractivity contribution in [1.29, 1.82) is 0 Å². The lowest BCUT2D eigenvalue weighted by atomic mass is 9.99. The molecule has 0 aliphatic carbocycles. The molecule has 0 aliphatic heterocycles. The molecule has 5 nitrogen and oxygen atoms in total. The molecule has 0 bridgehead atoms. The van der Waals surface area contributed by atoms with Gasteiger partial charge in [0, 0.05) is 11.6 Å². The number of carbonyl (C=O) groups excluding carboxylic acids is 1. The largest absolute Gasteiger partial charge is 0.481 e. The zero-order chi connectivity index (χ0) is 14.3. The van der Waals surface area contributed by atoms with Crippen molar-refractivity contribution in [2.75, 3.05) is 13.2 Å². The number of aliphatic carboxylic acids is 1. The van der Waals surface area contributed by atoms with Crippen LogP contribution in [0, 0.1) is 0 Å². The van der Waals surface area contributed by atoms with Crippen molar-refractivity contribution < 1.29 is 19.4 Å². The molecule has 0 fully saturated rings. The normalized spacial score (nSPS) is 11.4. The molecule has 0 spiro atoms. The predicted molar refractivity (Wildman–Crippen MR) is 71.4 cm³/mol. The molecule has 1 aromatic carbocycles. The van der Waals surface area contributed by atoms with Crippen LogP contribution in [-0.4, -0.2) is 30.3 Å². The van der Waals surface area contributed by atoms with Crippen molar-refractivity contribution in [1.82, 2.24) is 5.32 Å². The molecule has 1 amide bonds. The molecule has 102 valence electrons. The van der Waals surface area contributed by atoms with Gasteiger partial charge in [-0.15, -0.1) is 0 Å². The molecule has 0 saturated heterocycles. The van der Waals surface area contributed by atoms with Gasteiger partial charge in [0.1, 0.15) is 6.61 Å². The summed E-state index contributed by atoms with van der Waals surface area (Å²) in [6, 6.07) is 6.42. The zero-order valence-electron chi connectivity index (χ0n) is 10.1. The van der Waals surface area contributed by atoms with Crippen LogP contribution >= 0.6 is 11.6 Å². The molecule has 0 aliphatic rings. The van der Waals surface area contributed by atoms with Gasteiger partial charge < -0.3 is 15.2 Å². The molecule has 0 saturated carbocycles. The smallest absolute Gasteiger partial charge is 0.407 e. The van der Waals surface area contributed by atoms with Gasteiger partial charge in [0.05, 0.1) is 5.92 Å². The number of ether oxygens (including phenoxy) is 1. The average Bonchev–Trinajstić information content (AvgIpc) is 2.38. The summed E-state index contributed by atoms with van der Waals surface area (Å²) in [5.74, 6) is -1.89. The Morgan fingerprint density at radius 1 is 1.42 bits per heavy atom. The lowest BCUT2D eigenvalue weighted by Crippen LogP contribution is -2.32. The lowest BCUT2D eigenvalue weighted by Gasteiger charge is -2.13. The minimum absolute atomic E-state index is 0.0626. The van der Waals surface area contributed by atoms with Crippen LogP contribution in [0.1, 0.15) is 11.5 Å². The third-order valence-electron chi connectivity index (χ3n) is 2.35. The summed E-state index contributed by atoms with van der Waals surface area (Å²) in [7, 11) is 0. The van der Waals surface area contributed by atoms with Gasteiger partial charge in [-0.2, -0.15) is 0 Å². The summed E-state index contributed by atoms with van der Waals surface area (Å²) in [6.45, 7) is 3.41. The zero-order valence-corrected chi connectivity index (χ0v) is 10.9. The first-order valence-electron chi connectivity index (χ1n) is 5.54. The Hall–Kier alpha value is -2.01. The topological polar surface area (TPSA) is 75.6 Å². The number of nitrogens with one attached hydrogen (secondary N) is 1. The lowest BCUT2D eigenvalue weighted by molar-refractivity contribution is -0.138. The van der Waals surface area contributed by atoms with E-state index in [1.807, 2.05) is 0 Å². The number of benzene rings is 1. The third-order valence-corrected chi connectivity index (χ3v) is 2.61. The molecule has 0 heterocycles. The summed E-state index contributed by atoms with van der Waals surface area (Å²) < 4.78 is 4.69. The molecule has 19 heavy (non-hydrogen) atoms. The quantitative estimate of drug-likeness (QED) is 0.786. The fourth-order valence-electron chi connectivity index (χ4n) is 1.41. The maximum absolute atomic E-state index is 11.2. The van der Waals surface area contributed by atoms with Crippen LogP contribution in [0.15, 0.2) is 36.9 Å². The first-order valence-corrected chi connectivity index (χ1v) is 5.92. The van der Waals surface area contributed by atoms with Crippen molar-refractivity contribution in [2.24, 2.45) is 0 Å². The Balaban J connectivity index is 2.63. The molecule has 1 atom stereocenters. The SMILES string of the molecule is C=CCOC(=O)NCC(C(=O)O)c1ccc(Cl)cc1. The highest BCUT2D eigenvalue weighted by Crippen LogP contribution is 2.18. The highest BCUT2D eigenvalue weighted by Gasteiger charge is 2.20. The Morgan fingerprint density at radius 2 is 2.05 bits per heavy atom. The third kappa shape index (κ3) is 5.01. The standard InChI is InChI=1S/C13H14ClNO4/c1-2-7-19-13(18)15-8-11(12(16)17)9-3-5-10(14)6-4-9/h2-6,11H,1,7-8H2,(H,15,18)(H,16,17). The second-order valence-electron chi connectivity index (χ2n) is 3.71. The number of carbonyl (C=O) groups is 2. The van der Waals surface area contributed by atoms with Crippen LogP contribution in [0.2, 0.25) is 5.02 Å². The molecular formula is C13H14ClNO4. The molecule has 1 rings (SSSR count). The van der Waals surface area contributed by atoms with Crippen LogP contribution in [0.3, 0.4) is 0 Å². The predicted octanol–water partition coefficient (Wildman–Crippen LogP) is 2.42. The van der Waals surface area contributed by atoms with Crippen LogP contribution in [0.25, 0.3) is 0 Å². The van der Waals surface area contributed by atoms with Gasteiger partial charge >= 0.3 is 12.1 Å². The second-order valence-corrected chi connectivity index (χ2v) is 4.15. The Morgan fingerprint density at radius 3 is 2.58 bits per heavy atom. The first kappa shape index (κ1) is 15.0. The Kier molecular flexibility index (Phi) is 5.89. The van der Waals surface area contributed by atoms with Gasteiger partial charge in [0.15, 0.2) is 0 Å². The van der Waals surface area contributed by atoms with Crippen LogP contribution in [0.4, 0.5) is 4.79 Å². The molecule has 2 N–H and O–H groups in total. The number of alkyl carbamates (subject to hydrolysis) is 1.